The van der Waals surface area contributed by atoms with Gasteiger partial charge in [-0.2, -0.15) is 0 Å². The summed E-state index contributed by atoms with van der Waals surface area (Å²) in [7, 11) is -11.7. The van der Waals surface area contributed by atoms with E-state index < -0.39 is 46.8 Å². The zero-order valence-corrected chi connectivity index (χ0v) is 38.4. The van der Waals surface area contributed by atoms with E-state index in [1.165, 1.54) is 38.5 Å². The molecule has 0 aromatic rings. The van der Waals surface area contributed by atoms with Gasteiger partial charge in [-0.05, 0) is 66.4 Å². The number of hydrogen-bond donors (Lipinski definition) is 0. The van der Waals surface area contributed by atoms with Crippen molar-refractivity contribution >= 4 is 46.8 Å². The monoisotopic (exact) mass is 688 g/mol. The highest BCUT2D eigenvalue weighted by Gasteiger charge is 2.77. The molecule has 0 saturated heterocycles. The van der Waals surface area contributed by atoms with Crippen molar-refractivity contribution in [1.29, 1.82) is 0 Å². The first-order chi connectivity index (χ1) is 18.9. The second-order valence-electron chi connectivity index (χ2n) is 22.2. The molecule has 0 spiro atoms. The molecule has 4 bridgehead atoms. The summed E-state index contributed by atoms with van der Waals surface area (Å²) >= 11 is 0. The van der Waals surface area contributed by atoms with Crippen LogP contribution in [0.15, 0.2) is 10.4 Å². The van der Waals surface area contributed by atoms with Gasteiger partial charge in [0.2, 0.25) is 0 Å². The molecule has 43 heavy (non-hydrogen) atoms. The number of hydrogen-bond acceptors (Lipinski definition) is 1. The summed E-state index contributed by atoms with van der Waals surface area (Å²) in [5, 5.41) is 0.402. The first kappa shape index (κ1) is 36.4. The van der Waals surface area contributed by atoms with Crippen molar-refractivity contribution in [3.63, 3.8) is 0 Å². The minimum atomic E-state index is -2.35. The maximum atomic E-state index is 8.87. The van der Waals surface area contributed by atoms with Crippen LogP contribution in [0.3, 0.4) is 0 Å². The van der Waals surface area contributed by atoms with Gasteiger partial charge in [-0.1, -0.05) is 137 Å². The third-order valence-corrected chi connectivity index (χ3v) is 65.5. The lowest BCUT2D eigenvalue weighted by atomic mass is 9.47. The lowest BCUT2D eigenvalue weighted by Crippen LogP contribution is -2.79. The quantitative estimate of drug-likeness (QED) is 0.206. The fourth-order valence-electron chi connectivity index (χ4n) is 10.8. The van der Waals surface area contributed by atoms with Crippen molar-refractivity contribution in [3.05, 3.63) is 10.4 Å². The van der Waals surface area contributed by atoms with E-state index in [4.69, 9.17) is 4.43 Å². The van der Waals surface area contributed by atoms with Crippen LogP contribution in [-0.2, 0) is 4.43 Å². The first-order valence-corrected chi connectivity index (χ1v) is 38.3. The molecule has 4 saturated carbocycles. The molecule has 5 rings (SSSR count). The van der Waals surface area contributed by atoms with Gasteiger partial charge in [0.1, 0.15) is 8.07 Å². The zero-order valence-electron chi connectivity index (χ0n) is 32.4. The Morgan fingerprint density at radius 3 is 1.35 bits per heavy atom. The molecule has 0 aromatic heterocycles. The topological polar surface area (TPSA) is 9.23 Å². The van der Waals surface area contributed by atoms with Crippen LogP contribution in [0.5, 0.6) is 0 Å². The molecule has 1 aliphatic heterocycles. The molecule has 7 heteroatoms. The Kier molecular flexibility index (Phi) is 8.70. The zero-order chi connectivity index (χ0) is 33.3. The SMILES string of the molecule is CC(C)(C)[Si](C)(C)C#CC1=C([Si](C)(C)C(C)(C)C)[Si]([Si](C)(C)C)([Si](C)(C)C)O[C@]1(C12CC3CC(CC(C3)C1)C2)[Si](C)(C)C. The molecule has 0 amide bonds. The summed E-state index contributed by atoms with van der Waals surface area (Å²) in [6.07, 6.45) is 8.74. The maximum Gasteiger partial charge on any atom is 0.190 e. The second-order valence-corrected chi connectivity index (χ2v) is 63.9. The summed E-state index contributed by atoms with van der Waals surface area (Å²) in [4.78, 5) is 1.97. The minimum absolute atomic E-state index is 0.122. The highest BCUT2D eigenvalue weighted by atomic mass is 29.7. The molecular weight excluding hydrogens is 617 g/mol. The summed E-state index contributed by atoms with van der Waals surface area (Å²) in [5.41, 5.74) is 6.21. The van der Waals surface area contributed by atoms with Crippen LogP contribution in [0.2, 0.25) is 95.2 Å². The van der Waals surface area contributed by atoms with E-state index in [0.717, 1.165) is 17.8 Å². The lowest BCUT2D eigenvalue weighted by molar-refractivity contribution is -0.118. The van der Waals surface area contributed by atoms with E-state index in [1.54, 1.807) is 5.57 Å². The second kappa shape index (κ2) is 10.3. The van der Waals surface area contributed by atoms with E-state index in [-0.39, 0.29) is 15.3 Å². The van der Waals surface area contributed by atoms with Crippen molar-refractivity contribution in [2.75, 3.05) is 0 Å². The third-order valence-electron chi connectivity index (χ3n) is 14.1. The molecule has 246 valence electrons. The Hall–Kier alpha value is 0.561. The average Bonchev–Trinajstić information content (AvgIpc) is 3.10. The largest absolute Gasteiger partial charge is 0.410 e. The molecule has 0 N–H and O–H groups in total. The molecule has 1 heterocycles. The maximum absolute atomic E-state index is 8.87. The van der Waals surface area contributed by atoms with E-state index in [2.05, 4.69) is 138 Å². The number of rotatable bonds is 5. The normalized spacial score (nSPS) is 33.6. The van der Waals surface area contributed by atoms with Crippen molar-refractivity contribution in [1.82, 2.24) is 0 Å². The van der Waals surface area contributed by atoms with Crippen molar-refractivity contribution in [2.24, 2.45) is 23.2 Å². The van der Waals surface area contributed by atoms with Crippen molar-refractivity contribution in [2.45, 2.75) is 180 Å². The van der Waals surface area contributed by atoms with Gasteiger partial charge >= 0.3 is 0 Å². The van der Waals surface area contributed by atoms with Gasteiger partial charge < -0.3 is 4.43 Å². The minimum Gasteiger partial charge on any atom is -0.410 e. The highest BCUT2D eigenvalue weighted by Crippen LogP contribution is 2.71. The first-order valence-electron chi connectivity index (χ1n) is 17.9. The van der Waals surface area contributed by atoms with Crippen LogP contribution >= 0.6 is 0 Å². The Balaban J connectivity index is 2.29. The van der Waals surface area contributed by atoms with Crippen molar-refractivity contribution in [3.8, 4) is 11.5 Å². The van der Waals surface area contributed by atoms with Crippen LogP contribution in [0.25, 0.3) is 0 Å². The van der Waals surface area contributed by atoms with Crippen molar-refractivity contribution < 1.29 is 4.43 Å². The van der Waals surface area contributed by atoms with E-state index in [9.17, 15) is 0 Å². The molecule has 0 unspecified atom stereocenters. The van der Waals surface area contributed by atoms with Gasteiger partial charge in [-0.25, -0.2) is 0 Å². The van der Waals surface area contributed by atoms with Crippen LogP contribution in [-0.4, -0.2) is 52.0 Å². The summed E-state index contributed by atoms with van der Waals surface area (Å²) in [6, 6.07) is 0. The van der Waals surface area contributed by atoms with E-state index in [0.29, 0.717) is 5.41 Å². The fourth-order valence-corrected chi connectivity index (χ4v) is 76.6. The predicted molar refractivity (Wildman–Crippen MR) is 209 cm³/mol. The third kappa shape index (κ3) is 5.24. The van der Waals surface area contributed by atoms with Crippen LogP contribution in [0.4, 0.5) is 0 Å². The van der Waals surface area contributed by atoms with E-state index >= 15 is 0 Å². The Labute approximate surface area is 275 Å². The summed E-state index contributed by atoms with van der Waals surface area (Å²) in [5.74, 6) is 7.16. The van der Waals surface area contributed by atoms with Crippen LogP contribution < -0.4 is 0 Å². The Morgan fingerprint density at radius 2 is 1.05 bits per heavy atom. The smallest absolute Gasteiger partial charge is 0.190 e. The van der Waals surface area contributed by atoms with Gasteiger partial charge in [0.25, 0.3) is 0 Å². The van der Waals surface area contributed by atoms with Gasteiger partial charge in [0.15, 0.2) is 7.35 Å². The average molecular weight is 689 g/mol. The molecule has 5 aliphatic rings. The predicted octanol–water partition coefficient (Wildman–Crippen LogP) is 11.6. The molecule has 0 aromatic carbocycles. The fraction of sp³-hybridized carbons (Fsp3) is 0.889. The Bertz CT molecular complexity index is 1160. The highest BCUT2D eigenvalue weighted by molar-refractivity contribution is 7.71. The van der Waals surface area contributed by atoms with Crippen LogP contribution in [0, 0.1) is 34.6 Å². The molecular formula is C36H72OSi6. The van der Waals surface area contributed by atoms with Gasteiger partial charge in [-0.3, -0.25) is 0 Å². The van der Waals surface area contributed by atoms with E-state index in [1.807, 2.05) is 4.82 Å². The van der Waals surface area contributed by atoms with Crippen LogP contribution in [0.1, 0.15) is 80.1 Å². The molecule has 4 aliphatic carbocycles. The molecule has 4 fully saturated rings. The standard InChI is InChI=1S/C36H72OSi6/c1-33(2,3)41(16,17)21-20-31-32(42(18,19)34(4,5)6)43(39(10,11)12,40(13,14)15)37-36(31,38(7,8)9)35-25-28-22-29(26-35)24-30(23-28)27-35/h28-30H,22-27H2,1-19H3/t28?,29?,30?,35?,36-/m0/s1. The summed E-state index contributed by atoms with van der Waals surface area (Å²) < 4.78 is 8.87. The molecule has 1 nitrogen and oxygen atoms in total. The summed E-state index contributed by atoms with van der Waals surface area (Å²) in [6.45, 7) is 50.3. The van der Waals surface area contributed by atoms with Gasteiger partial charge in [0.05, 0.1) is 36.6 Å². The van der Waals surface area contributed by atoms with Gasteiger partial charge in [-0.15, -0.1) is 5.54 Å². The molecule has 1 atom stereocenters. The lowest BCUT2D eigenvalue weighted by Gasteiger charge is -2.67. The van der Waals surface area contributed by atoms with Gasteiger partial charge in [0, 0.05) is 11.0 Å². The Morgan fingerprint density at radius 1 is 0.651 bits per heavy atom. The molecule has 0 radical (unpaired) electrons.